The number of hydrogen-bond acceptors (Lipinski definition) is 6. The summed E-state index contributed by atoms with van der Waals surface area (Å²) in [5.74, 6) is 0.299. The van der Waals surface area contributed by atoms with E-state index in [-0.39, 0.29) is 17.4 Å². The topological polar surface area (TPSA) is 82.5 Å². The Morgan fingerprint density at radius 1 is 0.935 bits per heavy atom. The number of para-hydroxylation sites is 2. The minimum atomic E-state index is -0.561. The lowest BCUT2D eigenvalue weighted by Gasteiger charge is -2.06. The van der Waals surface area contributed by atoms with Gasteiger partial charge in [-0.2, -0.15) is 0 Å². The molecule has 6 heteroatoms. The molecule has 0 N–H and O–H groups in total. The molecule has 0 aliphatic carbocycles. The second kappa shape index (κ2) is 9.60. The maximum Gasteiger partial charge on any atom is 0.349 e. The molecule has 0 atom stereocenters. The fourth-order valence-corrected chi connectivity index (χ4v) is 3.52. The summed E-state index contributed by atoms with van der Waals surface area (Å²) in [7, 11) is 0. The molecule has 0 fully saturated rings. The van der Waals surface area contributed by atoms with Gasteiger partial charge in [-0.3, -0.25) is 4.79 Å². The number of benzene rings is 2. The van der Waals surface area contributed by atoms with Crippen molar-refractivity contribution in [3.8, 4) is 17.2 Å². The monoisotopic (exact) mass is 419 g/mol. The highest BCUT2D eigenvalue weighted by Gasteiger charge is 2.15. The summed E-state index contributed by atoms with van der Waals surface area (Å²) in [4.78, 5) is 29.0. The van der Waals surface area contributed by atoms with E-state index >= 15 is 0 Å². The zero-order valence-corrected chi connectivity index (χ0v) is 17.6. The van der Waals surface area contributed by atoms with Gasteiger partial charge in [0.25, 0.3) is 0 Å². The Hall–Kier alpha value is -3.41. The van der Waals surface area contributed by atoms with Gasteiger partial charge < -0.3 is 13.6 Å². The standard InChI is InChI=1S/C25H25NO5/c1-2-3-4-5-6-7-12-23(27)29-18-14-13-17-15-19(25(28)31-22(17)16-18)24-26-20-10-8-9-11-21(20)30-24/h8-11,13-16H,2-7,12H2,1H3. The van der Waals surface area contributed by atoms with Crippen molar-refractivity contribution < 1.29 is 18.4 Å². The molecule has 0 aliphatic rings. The van der Waals surface area contributed by atoms with E-state index in [0.717, 1.165) is 19.3 Å². The van der Waals surface area contributed by atoms with Crippen LogP contribution >= 0.6 is 0 Å². The average Bonchev–Trinajstić information content (AvgIpc) is 3.19. The Labute approximate surface area is 179 Å². The van der Waals surface area contributed by atoms with E-state index in [4.69, 9.17) is 13.6 Å². The van der Waals surface area contributed by atoms with E-state index in [0.29, 0.717) is 34.2 Å². The number of aromatic nitrogens is 1. The zero-order valence-electron chi connectivity index (χ0n) is 17.6. The van der Waals surface area contributed by atoms with E-state index < -0.39 is 5.63 Å². The first-order chi connectivity index (χ1) is 15.1. The zero-order chi connectivity index (χ0) is 21.6. The van der Waals surface area contributed by atoms with E-state index in [2.05, 4.69) is 11.9 Å². The van der Waals surface area contributed by atoms with Crippen LogP contribution in [-0.2, 0) is 4.79 Å². The Morgan fingerprint density at radius 2 is 1.74 bits per heavy atom. The van der Waals surface area contributed by atoms with Crippen molar-refractivity contribution in [3.63, 3.8) is 0 Å². The largest absolute Gasteiger partial charge is 0.436 e. The van der Waals surface area contributed by atoms with Crippen molar-refractivity contribution in [2.45, 2.75) is 51.9 Å². The van der Waals surface area contributed by atoms with Crippen LogP contribution in [0.15, 0.2) is 62.2 Å². The van der Waals surface area contributed by atoms with Crippen LogP contribution in [0.4, 0.5) is 0 Å². The number of ether oxygens (including phenoxy) is 1. The van der Waals surface area contributed by atoms with E-state index in [1.165, 1.54) is 19.3 Å². The van der Waals surface area contributed by atoms with Gasteiger partial charge in [0.1, 0.15) is 22.4 Å². The first kappa shape index (κ1) is 20.8. The summed E-state index contributed by atoms with van der Waals surface area (Å²) in [5.41, 5.74) is 1.30. The van der Waals surface area contributed by atoms with Crippen molar-refractivity contribution in [2.24, 2.45) is 0 Å². The van der Waals surface area contributed by atoms with Gasteiger partial charge in [0, 0.05) is 17.9 Å². The first-order valence-electron chi connectivity index (χ1n) is 10.8. The number of hydrogen-bond donors (Lipinski definition) is 0. The third kappa shape index (κ3) is 5.02. The van der Waals surface area contributed by atoms with E-state index in [1.54, 1.807) is 30.3 Å². The lowest BCUT2D eigenvalue weighted by Crippen LogP contribution is -2.08. The maximum absolute atomic E-state index is 12.5. The van der Waals surface area contributed by atoms with Crippen LogP contribution in [-0.4, -0.2) is 11.0 Å². The smallest absolute Gasteiger partial charge is 0.349 e. The highest BCUT2D eigenvalue weighted by atomic mass is 16.5. The molecule has 2 aromatic heterocycles. The molecule has 0 saturated carbocycles. The molecule has 160 valence electrons. The Morgan fingerprint density at radius 3 is 2.58 bits per heavy atom. The summed E-state index contributed by atoms with van der Waals surface area (Å²) in [6.07, 6.45) is 7.02. The fraction of sp³-hybridized carbons (Fsp3) is 0.320. The highest BCUT2D eigenvalue weighted by Crippen LogP contribution is 2.26. The molecule has 0 aliphatic heterocycles. The van der Waals surface area contributed by atoms with E-state index in [1.807, 2.05) is 18.2 Å². The number of rotatable bonds is 9. The van der Waals surface area contributed by atoms with Crippen molar-refractivity contribution >= 4 is 28.0 Å². The number of carbonyl (C=O) groups is 1. The molecule has 0 amide bonds. The molecule has 31 heavy (non-hydrogen) atoms. The molecule has 2 heterocycles. The molecule has 6 nitrogen and oxygen atoms in total. The highest BCUT2D eigenvalue weighted by molar-refractivity contribution is 5.84. The number of esters is 1. The molecule has 4 rings (SSSR count). The summed E-state index contributed by atoms with van der Waals surface area (Å²) in [6.45, 7) is 2.18. The Bertz CT molecular complexity index is 1220. The van der Waals surface area contributed by atoms with Crippen LogP contribution in [0.3, 0.4) is 0 Å². The van der Waals surface area contributed by atoms with Gasteiger partial charge in [-0.1, -0.05) is 51.2 Å². The normalized spacial score (nSPS) is 11.3. The number of nitrogens with zero attached hydrogens (tertiary/aromatic N) is 1. The third-order valence-corrected chi connectivity index (χ3v) is 5.20. The predicted molar refractivity (Wildman–Crippen MR) is 119 cm³/mol. The molecule has 0 bridgehead atoms. The fourth-order valence-electron chi connectivity index (χ4n) is 3.52. The number of unbranched alkanes of at least 4 members (excludes halogenated alkanes) is 5. The molecular weight excluding hydrogens is 394 g/mol. The van der Waals surface area contributed by atoms with Gasteiger partial charge in [-0.25, -0.2) is 9.78 Å². The summed E-state index contributed by atoms with van der Waals surface area (Å²) in [6, 6.07) is 14.0. The lowest BCUT2D eigenvalue weighted by molar-refractivity contribution is -0.134. The van der Waals surface area contributed by atoms with Crippen LogP contribution < -0.4 is 10.4 Å². The molecule has 0 unspecified atom stereocenters. The van der Waals surface area contributed by atoms with Crippen LogP contribution in [0.1, 0.15) is 51.9 Å². The molecule has 0 radical (unpaired) electrons. The summed E-state index contributed by atoms with van der Waals surface area (Å²) in [5, 5.41) is 0.688. The van der Waals surface area contributed by atoms with Gasteiger partial charge in [-0.15, -0.1) is 0 Å². The van der Waals surface area contributed by atoms with Crippen molar-refractivity contribution in [3.05, 3.63) is 59.0 Å². The summed E-state index contributed by atoms with van der Waals surface area (Å²) >= 11 is 0. The van der Waals surface area contributed by atoms with Crippen LogP contribution in [0.2, 0.25) is 0 Å². The second-order valence-corrected chi connectivity index (χ2v) is 7.63. The Kier molecular flexibility index (Phi) is 6.46. The summed E-state index contributed by atoms with van der Waals surface area (Å²) < 4.78 is 16.6. The van der Waals surface area contributed by atoms with Crippen LogP contribution in [0.25, 0.3) is 33.5 Å². The number of fused-ring (bicyclic) bond motifs is 2. The van der Waals surface area contributed by atoms with Crippen molar-refractivity contribution in [2.75, 3.05) is 0 Å². The lowest BCUT2D eigenvalue weighted by atomic mass is 10.1. The van der Waals surface area contributed by atoms with Crippen LogP contribution in [0.5, 0.6) is 5.75 Å². The van der Waals surface area contributed by atoms with Gasteiger partial charge in [0.2, 0.25) is 5.89 Å². The van der Waals surface area contributed by atoms with Gasteiger partial charge in [0.15, 0.2) is 5.58 Å². The maximum atomic E-state index is 12.5. The Balaban J connectivity index is 1.45. The predicted octanol–water partition coefficient (Wildman–Crippen LogP) is 6.26. The molecular formula is C25H25NO5. The van der Waals surface area contributed by atoms with Gasteiger partial charge in [0.05, 0.1) is 0 Å². The number of carbonyl (C=O) groups excluding carboxylic acids is 1. The quantitative estimate of drug-likeness (QED) is 0.138. The molecule has 4 aromatic rings. The molecule has 0 saturated heterocycles. The first-order valence-corrected chi connectivity index (χ1v) is 10.8. The van der Waals surface area contributed by atoms with Gasteiger partial charge in [-0.05, 0) is 36.8 Å². The SMILES string of the molecule is CCCCCCCCC(=O)Oc1ccc2cc(-c3nc4ccccc4o3)c(=O)oc2c1. The minimum Gasteiger partial charge on any atom is -0.436 e. The second-order valence-electron chi connectivity index (χ2n) is 7.63. The average molecular weight is 419 g/mol. The van der Waals surface area contributed by atoms with Crippen molar-refractivity contribution in [1.29, 1.82) is 0 Å². The molecule has 0 spiro atoms. The van der Waals surface area contributed by atoms with E-state index in [9.17, 15) is 9.59 Å². The van der Waals surface area contributed by atoms with Crippen molar-refractivity contribution in [1.82, 2.24) is 4.98 Å². The number of oxazole rings is 1. The molecule has 2 aromatic carbocycles. The third-order valence-electron chi connectivity index (χ3n) is 5.20. The van der Waals surface area contributed by atoms with Gasteiger partial charge >= 0.3 is 11.6 Å². The van der Waals surface area contributed by atoms with Crippen LogP contribution in [0, 0.1) is 0 Å². The minimum absolute atomic E-state index is 0.214.